The fourth-order valence-corrected chi connectivity index (χ4v) is 1.65. The van der Waals surface area contributed by atoms with Gasteiger partial charge in [-0.25, -0.2) is 4.39 Å². The quantitative estimate of drug-likeness (QED) is 0.587. The molecule has 0 saturated carbocycles. The minimum Gasteiger partial charge on any atom is -0.490 e. The van der Waals surface area contributed by atoms with E-state index in [2.05, 4.69) is 5.32 Å². The third-order valence-electron chi connectivity index (χ3n) is 2.62. The highest BCUT2D eigenvalue weighted by Gasteiger charge is 2.19. The normalized spacial score (nSPS) is 12.0. The molecule has 1 aromatic carbocycles. The van der Waals surface area contributed by atoms with Crippen LogP contribution in [0.2, 0.25) is 0 Å². The molecule has 19 heavy (non-hydrogen) atoms. The number of hydrogen-bond acceptors (Lipinski definition) is 5. The Morgan fingerprint density at radius 3 is 2.79 bits per heavy atom. The van der Waals surface area contributed by atoms with Gasteiger partial charge < -0.3 is 15.2 Å². The summed E-state index contributed by atoms with van der Waals surface area (Å²) in [6, 6.07) is 2.01. The lowest BCUT2D eigenvalue weighted by molar-refractivity contribution is -0.385. The van der Waals surface area contributed by atoms with E-state index in [0.29, 0.717) is 6.42 Å². The lowest BCUT2D eigenvalue weighted by Gasteiger charge is -2.13. The molecule has 0 aliphatic carbocycles. The topological polar surface area (TPSA) is 84.6 Å². The molecule has 7 heteroatoms. The van der Waals surface area contributed by atoms with Crippen LogP contribution in [0.4, 0.5) is 15.8 Å². The number of hydrogen-bond donors (Lipinski definition) is 2. The third kappa shape index (κ3) is 4.06. The molecule has 2 N–H and O–H groups in total. The van der Waals surface area contributed by atoms with Crippen LogP contribution in [0.5, 0.6) is 5.75 Å². The van der Waals surface area contributed by atoms with Crippen LogP contribution in [0.25, 0.3) is 0 Å². The Morgan fingerprint density at radius 2 is 2.26 bits per heavy atom. The number of nitro benzene ring substituents is 1. The van der Waals surface area contributed by atoms with Gasteiger partial charge in [-0.1, -0.05) is 13.3 Å². The minimum atomic E-state index is -0.754. The summed E-state index contributed by atoms with van der Waals surface area (Å²) in [7, 11) is 1.27. The number of nitro groups is 1. The number of halogens is 1. The number of benzene rings is 1. The first-order valence-corrected chi connectivity index (χ1v) is 5.93. The molecule has 1 aromatic rings. The first-order valence-electron chi connectivity index (χ1n) is 5.93. The van der Waals surface area contributed by atoms with Crippen LogP contribution in [0, 0.1) is 15.9 Å². The van der Waals surface area contributed by atoms with E-state index in [1.807, 2.05) is 6.92 Å². The summed E-state index contributed by atoms with van der Waals surface area (Å²) in [6.07, 6.45) is 0.818. The molecule has 1 atom stereocenters. The van der Waals surface area contributed by atoms with Crippen molar-refractivity contribution in [1.82, 2.24) is 0 Å². The van der Waals surface area contributed by atoms with Crippen molar-refractivity contribution in [3.63, 3.8) is 0 Å². The molecule has 0 amide bonds. The van der Waals surface area contributed by atoms with Crippen molar-refractivity contribution in [2.24, 2.45) is 0 Å². The molecule has 6 nitrogen and oxygen atoms in total. The van der Waals surface area contributed by atoms with Crippen molar-refractivity contribution >= 4 is 11.4 Å². The van der Waals surface area contributed by atoms with E-state index in [0.717, 1.165) is 12.5 Å². The average molecular weight is 272 g/mol. The predicted octanol–water partition coefficient (Wildman–Crippen LogP) is 2.32. The van der Waals surface area contributed by atoms with E-state index in [4.69, 9.17) is 4.74 Å². The maximum Gasteiger partial charge on any atom is 0.313 e. The Balaban J connectivity index is 2.87. The van der Waals surface area contributed by atoms with Crippen LogP contribution in [0.15, 0.2) is 12.1 Å². The number of methoxy groups -OCH3 is 1. The Hall–Kier alpha value is -1.89. The van der Waals surface area contributed by atoms with E-state index in [-0.39, 0.29) is 18.0 Å². The van der Waals surface area contributed by atoms with Crippen molar-refractivity contribution in [3.05, 3.63) is 28.1 Å². The van der Waals surface area contributed by atoms with Gasteiger partial charge in [0.2, 0.25) is 0 Å². The molecule has 1 rings (SSSR count). The lowest BCUT2D eigenvalue weighted by atomic mass is 10.2. The van der Waals surface area contributed by atoms with Gasteiger partial charge in [-0.15, -0.1) is 0 Å². The van der Waals surface area contributed by atoms with Crippen molar-refractivity contribution in [2.75, 3.05) is 19.0 Å². The van der Waals surface area contributed by atoms with Gasteiger partial charge in [-0.3, -0.25) is 10.1 Å². The molecule has 0 saturated heterocycles. The highest BCUT2D eigenvalue weighted by molar-refractivity contribution is 5.59. The minimum absolute atomic E-state index is 0.0288. The van der Waals surface area contributed by atoms with Gasteiger partial charge in [-0.2, -0.15) is 0 Å². The Labute approximate surface area is 110 Å². The van der Waals surface area contributed by atoms with E-state index in [1.54, 1.807) is 0 Å². The van der Waals surface area contributed by atoms with Gasteiger partial charge in [0, 0.05) is 12.6 Å². The highest BCUT2D eigenvalue weighted by atomic mass is 19.1. The highest BCUT2D eigenvalue weighted by Crippen LogP contribution is 2.32. The average Bonchev–Trinajstić information content (AvgIpc) is 2.37. The summed E-state index contributed by atoms with van der Waals surface area (Å²) in [5, 5.41) is 23.0. The molecular weight excluding hydrogens is 255 g/mol. The standard InChI is InChI=1S/C12H17FN2O4/c1-3-4-8(16)7-14-10-6-12(19-2)11(15(17)18)5-9(10)13/h5-6,8,14,16H,3-4,7H2,1-2H3. The molecule has 0 radical (unpaired) electrons. The zero-order chi connectivity index (χ0) is 14.4. The van der Waals surface area contributed by atoms with E-state index in [1.165, 1.54) is 13.2 Å². The van der Waals surface area contributed by atoms with Gasteiger partial charge in [0.25, 0.3) is 0 Å². The molecule has 0 aromatic heterocycles. The third-order valence-corrected chi connectivity index (χ3v) is 2.62. The van der Waals surface area contributed by atoms with Gasteiger partial charge in [0.1, 0.15) is 0 Å². The molecule has 0 spiro atoms. The number of aliphatic hydroxyl groups is 1. The summed E-state index contributed by atoms with van der Waals surface area (Å²) in [5.41, 5.74) is -0.364. The number of anilines is 1. The van der Waals surface area contributed by atoms with E-state index < -0.39 is 22.5 Å². The summed E-state index contributed by atoms with van der Waals surface area (Å²) in [4.78, 5) is 9.98. The molecule has 0 heterocycles. The number of rotatable bonds is 7. The SMILES string of the molecule is CCCC(O)CNc1cc(OC)c([N+](=O)[O-])cc1F. The second kappa shape index (κ2) is 6.89. The number of ether oxygens (including phenoxy) is 1. The fourth-order valence-electron chi connectivity index (χ4n) is 1.65. The first kappa shape index (κ1) is 15.2. The Bertz CT molecular complexity index is 454. The van der Waals surface area contributed by atoms with Gasteiger partial charge in [-0.05, 0) is 6.42 Å². The molecule has 0 aliphatic rings. The molecule has 0 aliphatic heterocycles. The van der Waals surface area contributed by atoms with Crippen molar-refractivity contribution in [3.8, 4) is 5.75 Å². The largest absolute Gasteiger partial charge is 0.490 e. The molecule has 0 fully saturated rings. The predicted molar refractivity (Wildman–Crippen MR) is 69.0 cm³/mol. The summed E-state index contributed by atoms with van der Waals surface area (Å²) < 4.78 is 18.5. The molecular formula is C12H17FN2O4. The second-order valence-corrected chi connectivity index (χ2v) is 4.08. The maximum absolute atomic E-state index is 13.7. The van der Waals surface area contributed by atoms with Crippen LogP contribution in [-0.2, 0) is 0 Å². The monoisotopic (exact) mass is 272 g/mol. The smallest absolute Gasteiger partial charge is 0.313 e. The van der Waals surface area contributed by atoms with Gasteiger partial charge in [0.15, 0.2) is 11.6 Å². The Kier molecular flexibility index (Phi) is 5.50. The number of nitrogens with one attached hydrogen (secondary N) is 1. The van der Waals surface area contributed by atoms with Crippen LogP contribution >= 0.6 is 0 Å². The van der Waals surface area contributed by atoms with Gasteiger partial charge in [0.05, 0.1) is 29.9 Å². The fraction of sp³-hybridized carbons (Fsp3) is 0.500. The summed E-state index contributed by atoms with van der Waals surface area (Å²) in [5.74, 6) is -0.782. The van der Waals surface area contributed by atoms with E-state index in [9.17, 15) is 19.6 Å². The maximum atomic E-state index is 13.7. The molecule has 1 unspecified atom stereocenters. The van der Waals surface area contributed by atoms with Crippen molar-refractivity contribution < 1.29 is 19.2 Å². The van der Waals surface area contributed by atoms with Crippen molar-refractivity contribution in [2.45, 2.75) is 25.9 Å². The van der Waals surface area contributed by atoms with Crippen LogP contribution < -0.4 is 10.1 Å². The lowest BCUT2D eigenvalue weighted by Crippen LogP contribution is -2.19. The summed E-state index contributed by atoms with van der Waals surface area (Å²) in [6.45, 7) is 2.10. The van der Waals surface area contributed by atoms with E-state index >= 15 is 0 Å². The van der Waals surface area contributed by atoms with Crippen molar-refractivity contribution in [1.29, 1.82) is 0 Å². The number of nitrogens with zero attached hydrogens (tertiary/aromatic N) is 1. The molecule has 0 bridgehead atoms. The van der Waals surface area contributed by atoms with Crippen LogP contribution in [0.3, 0.4) is 0 Å². The Morgan fingerprint density at radius 1 is 1.58 bits per heavy atom. The summed E-state index contributed by atoms with van der Waals surface area (Å²) >= 11 is 0. The van der Waals surface area contributed by atoms with Crippen LogP contribution in [0.1, 0.15) is 19.8 Å². The first-order chi connectivity index (χ1) is 8.99. The van der Waals surface area contributed by atoms with Gasteiger partial charge >= 0.3 is 5.69 Å². The zero-order valence-electron chi connectivity index (χ0n) is 10.9. The van der Waals surface area contributed by atoms with Crippen LogP contribution in [-0.4, -0.2) is 29.8 Å². The number of aliphatic hydroxyl groups excluding tert-OH is 1. The zero-order valence-corrected chi connectivity index (χ0v) is 10.9. The molecule has 106 valence electrons. The second-order valence-electron chi connectivity index (χ2n) is 4.08.